The van der Waals surface area contributed by atoms with Gasteiger partial charge < -0.3 is 15.4 Å². The molecule has 2 N–H and O–H groups in total. The lowest BCUT2D eigenvalue weighted by Gasteiger charge is -2.15. The lowest BCUT2D eigenvalue weighted by atomic mass is 10.1. The van der Waals surface area contributed by atoms with Gasteiger partial charge in [-0.05, 0) is 58.0 Å². The van der Waals surface area contributed by atoms with E-state index in [0.29, 0.717) is 6.42 Å². The highest BCUT2D eigenvalue weighted by Crippen LogP contribution is 2.22. The van der Waals surface area contributed by atoms with Crippen LogP contribution >= 0.6 is 0 Å². The summed E-state index contributed by atoms with van der Waals surface area (Å²) in [5, 5.41) is 6.17. The first-order valence-corrected chi connectivity index (χ1v) is 7.23. The number of rotatable bonds is 7. The molecule has 0 heterocycles. The summed E-state index contributed by atoms with van der Waals surface area (Å²) in [6.07, 6.45) is 0.619. The Hall–Kier alpha value is -1.55. The number of nitrogens with one attached hydrogen (secondary N) is 2. The second-order valence-corrected chi connectivity index (χ2v) is 5.35. The van der Waals surface area contributed by atoms with Crippen molar-refractivity contribution in [1.82, 2.24) is 5.32 Å². The van der Waals surface area contributed by atoms with E-state index in [1.807, 2.05) is 52.8 Å². The van der Waals surface area contributed by atoms with E-state index in [0.717, 1.165) is 23.5 Å². The van der Waals surface area contributed by atoms with Crippen LogP contribution in [0, 0.1) is 6.92 Å². The van der Waals surface area contributed by atoms with Crippen molar-refractivity contribution in [3.63, 3.8) is 0 Å². The van der Waals surface area contributed by atoms with Crippen LogP contribution in [0.1, 0.15) is 39.7 Å². The zero-order valence-electron chi connectivity index (χ0n) is 13.1. The SMILES string of the molecule is CCNC(C)CC(=O)Nc1ccc(OC(C)C)cc1C. The summed E-state index contributed by atoms with van der Waals surface area (Å²) in [6.45, 7) is 10.9. The molecule has 1 rings (SSSR count). The second kappa shape index (κ2) is 7.90. The van der Waals surface area contributed by atoms with Crippen molar-refractivity contribution in [2.45, 2.75) is 53.2 Å². The lowest BCUT2D eigenvalue weighted by molar-refractivity contribution is -0.116. The number of carbonyl (C=O) groups excluding carboxylic acids is 1. The van der Waals surface area contributed by atoms with Crippen molar-refractivity contribution in [2.75, 3.05) is 11.9 Å². The highest BCUT2D eigenvalue weighted by atomic mass is 16.5. The van der Waals surface area contributed by atoms with Gasteiger partial charge in [-0.1, -0.05) is 6.92 Å². The predicted molar refractivity (Wildman–Crippen MR) is 83.3 cm³/mol. The van der Waals surface area contributed by atoms with Gasteiger partial charge in [-0.3, -0.25) is 4.79 Å². The fourth-order valence-electron chi connectivity index (χ4n) is 2.02. The Morgan fingerprint density at radius 2 is 2.00 bits per heavy atom. The molecular weight excluding hydrogens is 252 g/mol. The summed E-state index contributed by atoms with van der Waals surface area (Å²) in [7, 11) is 0. The third-order valence-corrected chi connectivity index (χ3v) is 2.89. The molecule has 0 saturated carbocycles. The topological polar surface area (TPSA) is 50.4 Å². The van der Waals surface area contributed by atoms with Crippen LogP contribution in [-0.4, -0.2) is 24.6 Å². The molecule has 1 aromatic carbocycles. The first kappa shape index (κ1) is 16.5. The number of aryl methyl sites for hydroxylation is 1. The Morgan fingerprint density at radius 3 is 2.55 bits per heavy atom. The Balaban J connectivity index is 2.61. The maximum absolute atomic E-state index is 11.9. The minimum absolute atomic E-state index is 0.0269. The Morgan fingerprint density at radius 1 is 1.30 bits per heavy atom. The fourth-order valence-corrected chi connectivity index (χ4v) is 2.02. The van der Waals surface area contributed by atoms with Crippen LogP contribution in [0.15, 0.2) is 18.2 Å². The molecule has 1 atom stereocenters. The number of hydrogen-bond acceptors (Lipinski definition) is 3. The van der Waals surface area contributed by atoms with Gasteiger partial charge in [-0.2, -0.15) is 0 Å². The first-order chi connectivity index (χ1) is 9.42. The fraction of sp³-hybridized carbons (Fsp3) is 0.562. The van der Waals surface area contributed by atoms with Gasteiger partial charge in [0, 0.05) is 18.2 Å². The number of hydrogen-bond donors (Lipinski definition) is 2. The molecule has 0 aliphatic heterocycles. The van der Waals surface area contributed by atoms with Crippen LogP contribution in [-0.2, 0) is 4.79 Å². The minimum Gasteiger partial charge on any atom is -0.491 e. The molecule has 0 saturated heterocycles. The van der Waals surface area contributed by atoms with E-state index in [1.54, 1.807) is 0 Å². The third kappa shape index (κ3) is 5.61. The normalized spacial score (nSPS) is 12.3. The predicted octanol–water partition coefficient (Wildman–Crippen LogP) is 3.11. The van der Waals surface area contributed by atoms with Crippen LogP contribution in [0.25, 0.3) is 0 Å². The average molecular weight is 278 g/mol. The van der Waals surface area contributed by atoms with Gasteiger partial charge in [0.15, 0.2) is 0 Å². The van der Waals surface area contributed by atoms with E-state index >= 15 is 0 Å². The van der Waals surface area contributed by atoms with Crippen LogP contribution in [0.4, 0.5) is 5.69 Å². The van der Waals surface area contributed by atoms with Crippen molar-refractivity contribution < 1.29 is 9.53 Å². The summed E-state index contributed by atoms with van der Waals surface area (Å²) < 4.78 is 5.63. The van der Waals surface area contributed by atoms with Gasteiger partial charge in [-0.25, -0.2) is 0 Å². The van der Waals surface area contributed by atoms with Crippen LogP contribution < -0.4 is 15.4 Å². The van der Waals surface area contributed by atoms with E-state index in [2.05, 4.69) is 10.6 Å². The molecule has 0 aromatic heterocycles. The molecule has 112 valence electrons. The minimum atomic E-state index is 0.0269. The van der Waals surface area contributed by atoms with E-state index in [9.17, 15) is 4.79 Å². The highest BCUT2D eigenvalue weighted by Gasteiger charge is 2.10. The van der Waals surface area contributed by atoms with E-state index in [4.69, 9.17) is 4.74 Å². The van der Waals surface area contributed by atoms with Crippen LogP contribution in [0.2, 0.25) is 0 Å². The van der Waals surface area contributed by atoms with Crippen molar-refractivity contribution in [3.05, 3.63) is 23.8 Å². The summed E-state index contributed by atoms with van der Waals surface area (Å²) in [5.74, 6) is 0.857. The van der Waals surface area contributed by atoms with Crippen molar-refractivity contribution in [2.24, 2.45) is 0 Å². The molecule has 0 fully saturated rings. The molecule has 0 bridgehead atoms. The first-order valence-electron chi connectivity index (χ1n) is 7.23. The van der Waals surface area contributed by atoms with Gasteiger partial charge in [0.2, 0.25) is 5.91 Å². The molecule has 0 aliphatic rings. The van der Waals surface area contributed by atoms with Crippen molar-refractivity contribution >= 4 is 11.6 Å². The number of ether oxygens (including phenoxy) is 1. The highest BCUT2D eigenvalue weighted by molar-refractivity contribution is 5.91. The maximum atomic E-state index is 11.9. The quantitative estimate of drug-likeness (QED) is 0.805. The molecule has 4 nitrogen and oxygen atoms in total. The molecule has 0 radical (unpaired) electrons. The molecule has 1 amide bonds. The smallest absolute Gasteiger partial charge is 0.225 e. The number of carbonyl (C=O) groups is 1. The number of amides is 1. The Kier molecular flexibility index (Phi) is 6.52. The number of benzene rings is 1. The van der Waals surface area contributed by atoms with E-state index in [1.165, 1.54) is 0 Å². The van der Waals surface area contributed by atoms with Crippen LogP contribution in [0.5, 0.6) is 5.75 Å². The Labute approximate surface area is 121 Å². The molecule has 0 spiro atoms. The summed E-state index contributed by atoms with van der Waals surface area (Å²) >= 11 is 0. The average Bonchev–Trinajstić information content (AvgIpc) is 2.32. The van der Waals surface area contributed by atoms with Gasteiger partial charge >= 0.3 is 0 Å². The monoisotopic (exact) mass is 278 g/mol. The molecule has 1 unspecified atom stereocenters. The maximum Gasteiger partial charge on any atom is 0.225 e. The molecule has 1 aromatic rings. The molecule has 20 heavy (non-hydrogen) atoms. The largest absolute Gasteiger partial charge is 0.491 e. The number of anilines is 1. The second-order valence-electron chi connectivity index (χ2n) is 5.35. The van der Waals surface area contributed by atoms with Gasteiger partial charge in [0.05, 0.1) is 6.10 Å². The summed E-state index contributed by atoms with van der Waals surface area (Å²) in [6, 6.07) is 5.91. The molecule has 4 heteroatoms. The standard InChI is InChI=1S/C16H26N2O2/c1-6-17-13(5)10-16(19)18-15-8-7-14(9-12(15)4)20-11(2)3/h7-9,11,13,17H,6,10H2,1-5H3,(H,18,19). The lowest BCUT2D eigenvalue weighted by Crippen LogP contribution is -2.30. The van der Waals surface area contributed by atoms with Gasteiger partial charge in [0.1, 0.15) is 5.75 Å². The van der Waals surface area contributed by atoms with Gasteiger partial charge in [-0.15, -0.1) is 0 Å². The molecular formula is C16H26N2O2. The van der Waals surface area contributed by atoms with E-state index in [-0.39, 0.29) is 18.1 Å². The molecule has 0 aliphatic carbocycles. The van der Waals surface area contributed by atoms with Crippen molar-refractivity contribution in [3.8, 4) is 5.75 Å². The third-order valence-electron chi connectivity index (χ3n) is 2.89. The van der Waals surface area contributed by atoms with Crippen LogP contribution in [0.3, 0.4) is 0 Å². The van der Waals surface area contributed by atoms with Gasteiger partial charge in [0.25, 0.3) is 0 Å². The zero-order valence-corrected chi connectivity index (χ0v) is 13.1. The summed E-state index contributed by atoms with van der Waals surface area (Å²) in [4.78, 5) is 11.9. The zero-order chi connectivity index (χ0) is 15.1. The van der Waals surface area contributed by atoms with Crippen molar-refractivity contribution in [1.29, 1.82) is 0 Å². The Bertz CT molecular complexity index is 444. The summed E-state index contributed by atoms with van der Waals surface area (Å²) in [5.41, 5.74) is 1.85. The van der Waals surface area contributed by atoms with E-state index < -0.39 is 0 Å².